The van der Waals surface area contributed by atoms with Crippen LogP contribution >= 0.6 is 0 Å². The van der Waals surface area contributed by atoms with Gasteiger partial charge in [-0.15, -0.1) is 0 Å². The van der Waals surface area contributed by atoms with E-state index >= 15 is 0 Å². The normalized spacial score (nSPS) is 16.8. The summed E-state index contributed by atoms with van der Waals surface area (Å²) >= 11 is 0. The molecule has 0 aliphatic heterocycles. The molecule has 0 unspecified atom stereocenters. The van der Waals surface area contributed by atoms with Gasteiger partial charge in [-0.25, -0.2) is 0 Å². The highest BCUT2D eigenvalue weighted by molar-refractivity contribution is 6.09. The first-order valence-electron chi connectivity index (χ1n) is 8.25. The predicted octanol–water partition coefficient (Wildman–Crippen LogP) is 4.46. The molecular weight excluding hydrogens is 280 g/mol. The first-order valence-corrected chi connectivity index (χ1v) is 8.25. The van der Waals surface area contributed by atoms with Gasteiger partial charge < -0.3 is 14.6 Å². The summed E-state index contributed by atoms with van der Waals surface area (Å²) in [5, 5.41) is 19.8. The van der Waals surface area contributed by atoms with Gasteiger partial charge in [-0.2, -0.15) is 0 Å². The molecule has 0 spiro atoms. The molecule has 1 aliphatic carbocycles. The topological polar surface area (TPSA) is 70.7 Å². The molecule has 2 rings (SSSR count). The minimum absolute atomic E-state index is 0.148. The van der Waals surface area contributed by atoms with Gasteiger partial charge in [0.15, 0.2) is 5.78 Å². The molecule has 1 aliphatic rings. The minimum Gasteiger partial charge on any atom is -0.480 e. The maximum absolute atomic E-state index is 12.3. The largest absolute Gasteiger partial charge is 0.480 e. The molecule has 0 saturated heterocycles. The number of hydrogen-bond acceptors (Lipinski definition) is 4. The SMILES string of the molecule is CCCCCCC/C=C(\C)C(=O)c1cc(C2(O)CC2)oc1O. The smallest absolute Gasteiger partial charge is 0.293 e. The summed E-state index contributed by atoms with van der Waals surface area (Å²) < 4.78 is 5.14. The Hall–Kier alpha value is -1.55. The van der Waals surface area contributed by atoms with E-state index in [1.165, 1.54) is 31.7 Å². The van der Waals surface area contributed by atoms with Gasteiger partial charge in [0.05, 0.1) is 0 Å². The van der Waals surface area contributed by atoms with Gasteiger partial charge in [-0.3, -0.25) is 4.79 Å². The summed E-state index contributed by atoms with van der Waals surface area (Å²) in [7, 11) is 0. The van der Waals surface area contributed by atoms with Gasteiger partial charge in [0.25, 0.3) is 5.95 Å². The standard InChI is InChI=1S/C18H26O4/c1-3-4-5-6-7-8-9-13(2)16(19)14-12-15(22-17(14)20)18(21)10-11-18/h9,12,20-21H,3-8,10-11H2,1-2H3/b13-9+. The number of aromatic hydroxyl groups is 1. The van der Waals surface area contributed by atoms with E-state index in [0.29, 0.717) is 24.2 Å². The summed E-state index contributed by atoms with van der Waals surface area (Å²) in [6.45, 7) is 3.94. The van der Waals surface area contributed by atoms with E-state index in [1.54, 1.807) is 6.92 Å². The number of Topliss-reactive ketones (excluding diaryl/α,β-unsaturated/α-hetero) is 1. The third-order valence-corrected chi connectivity index (χ3v) is 4.26. The maximum atomic E-state index is 12.3. The zero-order valence-electron chi connectivity index (χ0n) is 13.5. The summed E-state index contributed by atoms with van der Waals surface area (Å²) in [6, 6.07) is 1.48. The van der Waals surface area contributed by atoms with Crippen molar-refractivity contribution in [3.8, 4) is 5.95 Å². The number of furan rings is 1. The predicted molar refractivity (Wildman–Crippen MR) is 85.0 cm³/mol. The van der Waals surface area contributed by atoms with E-state index < -0.39 is 11.5 Å². The molecule has 2 N–H and O–H groups in total. The van der Waals surface area contributed by atoms with Gasteiger partial charge in [-0.05, 0) is 44.2 Å². The van der Waals surface area contributed by atoms with E-state index in [9.17, 15) is 15.0 Å². The number of carbonyl (C=O) groups excluding carboxylic acids is 1. The average molecular weight is 306 g/mol. The Bertz CT molecular complexity index is 549. The molecule has 0 radical (unpaired) electrons. The zero-order chi connectivity index (χ0) is 16.2. The number of unbranched alkanes of at least 4 members (excludes halogenated alkanes) is 5. The van der Waals surface area contributed by atoms with Gasteiger partial charge in [0.1, 0.15) is 16.9 Å². The van der Waals surface area contributed by atoms with Crippen molar-refractivity contribution in [1.29, 1.82) is 0 Å². The third-order valence-electron chi connectivity index (χ3n) is 4.26. The van der Waals surface area contributed by atoms with Crippen molar-refractivity contribution in [3.05, 3.63) is 29.0 Å². The van der Waals surface area contributed by atoms with Crippen LogP contribution in [0.15, 0.2) is 22.1 Å². The first-order chi connectivity index (χ1) is 10.5. The number of rotatable bonds is 9. The van der Waals surface area contributed by atoms with Crippen molar-refractivity contribution < 1.29 is 19.4 Å². The van der Waals surface area contributed by atoms with Crippen LogP contribution in [-0.4, -0.2) is 16.0 Å². The van der Waals surface area contributed by atoms with Gasteiger partial charge >= 0.3 is 0 Å². The van der Waals surface area contributed by atoms with Crippen LogP contribution in [0.5, 0.6) is 5.95 Å². The van der Waals surface area contributed by atoms with Crippen LogP contribution in [0.1, 0.15) is 81.3 Å². The van der Waals surface area contributed by atoms with Gasteiger partial charge in [0, 0.05) is 0 Å². The van der Waals surface area contributed by atoms with Crippen molar-refractivity contribution in [1.82, 2.24) is 0 Å². The lowest BCUT2D eigenvalue weighted by molar-refractivity contribution is 0.102. The summed E-state index contributed by atoms with van der Waals surface area (Å²) in [5.41, 5.74) is -0.219. The molecule has 1 heterocycles. The van der Waals surface area contributed by atoms with E-state index in [-0.39, 0.29) is 11.3 Å². The van der Waals surface area contributed by atoms with E-state index in [2.05, 4.69) is 6.92 Å². The van der Waals surface area contributed by atoms with Crippen LogP contribution in [0, 0.1) is 0 Å². The second-order valence-electron chi connectivity index (χ2n) is 6.28. The first kappa shape index (κ1) is 16.8. The van der Waals surface area contributed by atoms with Gasteiger partial charge in [0.2, 0.25) is 0 Å². The van der Waals surface area contributed by atoms with Gasteiger partial charge in [-0.1, -0.05) is 38.7 Å². The Morgan fingerprint density at radius 2 is 2.00 bits per heavy atom. The summed E-state index contributed by atoms with van der Waals surface area (Å²) in [5.74, 6) is -0.331. The number of allylic oxidation sites excluding steroid dienone is 2. The number of carbonyl (C=O) groups is 1. The number of hydrogen-bond donors (Lipinski definition) is 2. The molecule has 1 saturated carbocycles. The molecule has 0 atom stereocenters. The molecule has 122 valence electrons. The average Bonchev–Trinajstić information content (AvgIpc) is 3.12. The van der Waals surface area contributed by atoms with Crippen LogP contribution in [0.25, 0.3) is 0 Å². The number of ketones is 1. The molecule has 1 aromatic rings. The molecular formula is C18H26O4. The molecule has 0 amide bonds. The van der Waals surface area contributed by atoms with Crippen LogP contribution in [0.4, 0.5) is 0 Å². The Balaban J connectivity index is 1.91. The highest BCUT2D eigenvalue weighted by atomic mass is 16.5. The second-order valence-corrected chi connectivity index (χ2v) is 6.28. The van der Waals surface area contributed by atoms with Crippen molar-refractivity contribution in [2.75, 3.05) is 0 Å². The lowest BCUT2D eigenvalue weighted by Crippen LogP contribution is -2.03. The molecule has 0 bridgehead atoms. The van der Waals surface area contributed by atoms with Crippen LogP contribution < -0.4 is 0 Å². The Morgan fingerprint density at radius 3 is 2.64 bits per heavy atom. The molecule has 4 heteroatoms. The highest BCUT2D eigenvalue weighted by Crippen LogP contribution is 2.47. The van der Waals surface area contributed by atoms with Crippen LogP contribution in [0.3, 0.4) is 0 Å². The summed E-state index contributed by atoms with van der Waals surface area (Å²) in [4.78, 5) is 12.3. The van der Waals surface area contributed by atoms with Crippen LogP contribution in [-0.2, 0) is 5.60 Å². The minimum atomic E-state index is -0.979. The van der Waals surface area contributed by atoms with Crippen molar-refractivity contribution >= 4 is 5.78 Å². The summed E-state index contributed by atoms with van der Waals surface area (Å²) in [6.07, 6.45) is 10.00. The Morgan fingerprint density at radius 1 is 1.32 bits per heavy atom. The molecule has 0 aromatic carbocycles. The van der Waals surface area contributed by atoms with Crippen molar-refractivity contribution in [2.45, 2.75) is 70.8 Å². The third kappa shape index (κ3) is 4.01. The zero-order valence-corrected chi connectivity index (χ0v) is 13.5. The molecule has 1 fully saturated rings. The fourth-order valence-electron chi connectivity index (χ4n) is 2.51. The monoisotopic (exact) mass is 306 g/mol. The Kier molecular flexibility index (Phi) is 5.46. The highest BCUT2D eigenvalue weighted by Gasteiger charge is 2.46. The Labute approximate surface area is 131 Å². The molecule has 4 nitrogen and oxygen atoms in total. The molecule has 1 aromatic heterocycles. The van der Waals surface area contributed by atoms with E-state index in [1.807, 2.05) is 6.08 Å². The van der Waals surface area contributed by atoms with E-state index in [0.717, 1.165) is 12.8 Å². The lowest BCUT2D eigenvalue weighted by atomic mass is 10.0. The second kappa shape index (κ2) is 7.14. The molecule has 22 heavy (non-hydrogen) atoms. The van der Waals surface area contributed by atoms with Crippen molar-refractivity contribution in [2.24, 2.45) is 0 Å². The lowest BCUT2D eigenvalue weighted by Gasteiger charge is -2.00. The fraction of sp³-hybridized carbons (Fsp3) is 0.611. The van der Waals surface area contributed by atoms with Crippen LogP contribution in [0.2, 0.25) is 0 Å². The number of aliphatic hydroxyl groups is 1. The quantitative estimate of drug-likeness (QED) is 0.401. The fourth-order valence-corrected chi connectivity index (χ4v) is 2.51. The van der Waals surface area contributed by atoms with E-state index in [4.69, 9.17) is 4.42 Å². The maximum Gasteiger partial charge on any atom is 0.293 e. The van der Waals surface area contributed by atoms with Crippen molar-refractivity contribution in [3.63, 3.8) is 0 Å².